The summed E-state index contributed by atoms with van der Waals surface area (Å²) < 4.78 is 12.9. The van der Waals surface area contributed by atoms with Crippen LogP contribution in [0.4, 0.5) is 4.39 Å². The van der Waals surface area contributed by atoms with E-state index in [0.717, 1.165) is 17.5 Å². The van der Waals surface area contributed by atoms with E-state index in [-0.39, 0.29) is 11.6 Å². The topological polar surface area (TPSA) is 17.1 Å². The van der Waals surface area contributed by atoms with Gasteiger partial charge in [-0.15, -0.1) is 0 Å². The quantitative estimate of drug-likeness (QED) is 0.723. The molecule has 0 aliphatic carbocycles. The van der Waals surface area contributed by atoms with E-state index in [4.69, 9.17) is 0 Å². The smallest absolute Gasteiger partial charge is 0.163 e. The highest BCUT2D eigenvalue weighted by atomic mass is 19.1. The average Bonchev–Trinajstić information content (AvgIpc) is 2.40. The Morgan fingerprint density at radius 2 is 1.72 bits per heavy atom. The van der Waals surface area contributed by atoms with Gasteiger partial charge in [-0.25, -0.2) is 4.39 Å². The fraction of sp³-hybridized carbons (Fsp3) is 0.188. The molecule has 0 bridgehead atoms. The van der Waals surface area contributed by atoms with Crippen LogP contribution in [0.5, 0.6) is 0 Å². The Morgan fingerprint density at radius 3 is 2.39 bits per heavy atom. The van der Waals surface area contributed by atoms with E-state index in [0.29, 0.717) is 12.0 Å². The van der Waals surface area contributed by atoms with Crippen molar-refractivity contribution in [1.82, 2.24) is 0 Å². The van der Waals surface area contributed by atoms with Crippen LogP contribution in [0.1, 0.15) is 30.1 Å². The average molecular weight is 242 g/mol. The van der Waals surface area contributed by atoms with E-state index in [1.54, 1.807) is 12.1 Å². The van der Waals surface area contributed by atoms with Crippen molar-refractivity contribution in [2.75, 3.05) is 0 Å². The van der Waals surface area contributed by atoms with Gasteiger partial charge in [-0.05, 0) is 29.7 Å². The van der Waals surface area contributed by atoms with Gasteiger partial charge in [0.05, 0.1) is 0 Å². The molecule has 2 rings (SSSR count). The maximum Gasteiger partial charge on any atom is 0.163 e. The van der Waals surface area contributed by atoms with Crippen molar-refractivity contribution in [1.29, 1.82) is 0 Å². The molecule has 2 aromatic rings. The van der Waals surface area contributed by atoms with Crippen LogP contribution in [0.3, 0.4) is 0 Å². The Morgan fingerprint density at radius 1 is 1.06 bits per heavy atom. The maximum absolute atomic E-state index is 12.9. The highest BCUT2D eigenvalue weighted by Gasteiger charge is 2.11. The molecule has 2 aromatic carbocycles. The molecule has 0 spiro atoms. The predicted molar refractivity (Wildman–Crippen MR) is 71.1 cm³/mol. The molecule has 92 valence electrons. The van der Waals surface area contributed by atoms with Crippen molar-refractivity contribution in [3.05, 3.63) is 59.9 Å². The van der Waals surface area contributed by atoms with E-state index < -0.39 is 0 Å². The Balaban J connectivity index is 2.44. The zero-order valence-electron chi connectivity index (χ0n) is 10.3. The molecule has 0 fully saturated rings. The molecule has 0 atom stereocenters. The van der Waals surface area contributed by atoms with Gasteiger partial charge in [0.25, 0.3) is 0 Å². The van der Waals surface area contributed by atoms with Crippen molar-refractivity contribution in [3.8, 4) is 11.1 Å². The third kappa shape index (κ3) is 2.65. The lowest BCUT2D eigenvalue weighted by Crippen LogP contribution is -2.00. The fourth-order valence-electron chi connectivity index (χ4n) is 1.97. The lowest BCUT2D eigenvalue weighted by Gasteiger charge is -2.08. The van der Waals surface area contributed by atoms with Gasteiger partial charge in [0.15, 0.2) is 5.78 Å². The molecular weight excluding hydrogens is 227 g/mol. The molecule has 2 heteroatoms. The minimum absolute atomic E-state index is 0.137. The van der Waals surface area contributed by atoms with E-state index in [2.05, 4.69) is 0 Å². The third-order valence-corrected chi connectivity index (χ3v) is 2.86. The molecule has 1 nitrogen and oxygen atoms in total. The SMILES string of the molecule is CCCC(=O)c1ccccc1-c1ccc(F)cc1. The van der Waals surface area contributed by atoms with Gasteiger partial charge in [-0.1, -0.05) is 43.3 Å². The third-order valence-electron chi connectivity index (χ3n) is 2.86. The van der Waals surface area contributed by atoms with Crippen LogP contribution < -0.4 is 0 Å². The van der Waals surface area contributed by atoms with E-state index >= 15 is 0 Å². The first-order valence-corrected chi connectivity index (χ1v) is 6.10. The highest BCUT2D eigenvalue weighted by molar-refractivity contribution is 6.02. The lowest BCUT2D eigenvalue weighted by molar-refractivity contribution is 0.0982. The summed E-state index contributed by atoms with van der Waals surface area (Å²) in [5.74, 6) is -0.131. The van der Waals surface area contributed by atoms with Gasteiger partial charge in [0.1, 0.15) is 5.82 Å². The summed E-state index contributed by atoms with van der Waals surface area (Å²) in [6, 6.07) is 13.7. The second-order valence-corrected chi connectivity index (χ2v) is 4.23. The molecule has 0 saturated carbocycles. The van der Waals surface area contributed by atoms with Gasteiger partial charge in [0.2, 0.25) is 0 Å². The van der Waals surface area contributed by atoms with E-state index in [1.807, 2.05) is 31.2 Å². The number of Topliss-reactive ketones (excluding diaryl/α,β-unsaturated/α-hetero) is 1. The van der Waals surface area contributed by atoms with Crippen LogP contribution in [0.2, 0.25) is 0 Å². The van der Waals surface area contributed by atoms with E-state index in [9.17, 15) is 9.18 Å². The second-order valence-electron chi connectivity index (χ2n) is 4.23. The molecule has 0 aliphatic heterocycles. The molecule has 0 N–H and O–H groups in total. The number of carbonyl (C=O) groups is 1. The van der Waals surface area contributed by atoms with Crippen molar-refractivity contribution in [2.24, 2.45) is 0 Å². The molecule has 0 saturated heterocycles. The number of ketones is 1. The molecule has 18 heavy (non-hydrogen) atoms. The summed E-state index contributed by atoms with van der Waals surface area (Å²) in [6.45, 7) is 1.98. The monoisotopic (exact) mass is 242 g/mol. The fourth-order valence-corrected chi connectivity index (χ4v) is 1.97. The zero-order chi connectivity index (χ0) is 13.0. The maximum atomic E-state index is 12.9. The van der Waals surface area contributed by atoms with Crippen molar-refractivity contribution in [3.63, 3.8) is 0 Å². The molecule has 0 unspecified atom stereocenters. The first-order valence-electron chi connectivity index (χ1n) is 6.10. The summed E-state index contributed by atoms with van der Waals surface area (Å²) in [5, 5.41) is 0. The summed E-state index contributed by atoms with van der Waals surface area (Å²) in [4.78, 5) is 12.0. The minimum atomic E-state index is -0.267. The lowest BCUT2D eigenvalue weighted by atomic mass is 9.95. The molecule has 0 heterocycles. The van der Waals surface area contributed by atoms with E-state index in [1.165, 1.54) is 12.1 Å². The summed E-state index contributed by atoms with van der Waals surface area (Å²) in [7, 11) is 0. The van der Waals surface area contributed by atoms with Gasteiger partial charge in [0, 0.05) is 12.0 Å². The summed E-state index contributed by atoms with van der Waals surface area (Å²) >= 11 is 0. The molecule has 0 aromatic heterocycles. The predicted octanol–water partition coefficient (Wildman–Crippen LogP) is 4.48. The minimum Gasteiger partial charge on any atom is -0.294 e. The van der Waals surface area contributed by atoms with Crippen LogP contribution in [0.25, 0.3) is 11.1 Å². The summed E-state index contributed by atoms with van der Waals surface area (Å²) in [6.07, 6.45) is 1.37. The number of hydrogen-bond donors (Lipinski definition) is 0. The number of benzene rings is 2. The standard InChI is InChI=1S/C16H15FO/c1-2-5-16(18)15-7-4-3-6-14(15)12-8-10-13(17)11-9-12/h3-4,6-11H,2,5H2,1H3. The molecule has 0 radical (unpaired) electrons. The van der Waals surface area contributed by atoms with Crippen LogP contribution >= 0.6 is 0 Å². The van der Waals surface area contributed by atoms with Gasteiger partial charge < -0.3 is 0 Å². The first kappa shape index (κ1) is 12.5. The summed E-state index contributed by atoms with van der Waals surface area (Å²) in [5.41, 5.74) is 2.46. The molecule has 0 amide bonds. The van der Waals surface area contributed by atoms with Crippen LogP contribution in [0, 0.1) is 5.82 Å². The Labute approximate surface area is 106 Å². The molecule has 0 aliphatic rings. The number of carbonyl (C=O) groups excluding carboxylic acids is 1. The Kier molecular flexibility index (Phi) is 3.88. The zero-order valence-corrected chi connectivity index (χ0v) is 10.3. The van der Waals surface area contributed by atoms with Gasteiger partial charge in [-0.3, -0.25) is 4.79 Å². The number of halogens is 1. The number of rotatable bonds is 4. The highest BCUT2D eigenvalue weighted by Crippen LogP contribution is 2.25. The van der Waals surface area contributed by atoms with Crippen LogP contribution in [-0.4, -0.2) is 5.78 Å². The van der Waals surface area contributed by atoms with Crippen molar-refractivity contribution in [2.45, 2.75) is 19.8 Å². The first-order chi connectivity index (χ1) is 8.72. The van der Waals surface area contributed by atoms with Gasteiger partial charge in [-0.2, -0.15) is 0 Å². The number of hydrogen-bond acceptors (Lipinski definition) is 1. The van der Waals surface area contributed by atoms with Crippen molar-refractivity contribution >= 4 is 5.78 Å². The second kappa shape index (κ2) is 5.58. The normalized spacial score (nSPS) is 10.3. The van der Waals surface area contributed by atoms with Crippen LogP contribution in [-0.2, 0) is 0 Å². The van der Waals surface area contributed by atoms with Crippen LogP contribution in [0.15, 0.2) is 48.5 Å². The Bertz CT molecular complexity index is 543. The largest absolute Gasteiger partial charge is 0.294 e. The Hall–Kier alpha value is -1.96. The molecular formula is C16H15FO. The van der Waals surface area contributed by atoms with Crippen molar-refractivity contribution < 1.29 is 9.18 Å². The van der Waals surface area contributed by atoms with Gasteiger partial charge >= 0.3 is 0 Å².